The molecule has 0 saturated carbocycles. The predicted octanol–water partition coefficient (Wildman–Crippen LogP) is 1.82. The largest absolute Gasteiger partial charge is 0.339 e. The lowest BCUT2D eigenvalue weighted by atomic mass is 9.94. The molecule has 1 atom stereocenters. The Morgan fingerprint density at radius 2 is 2.33 bits per heavy atom. The second-order valence-corrected chi connectivity index (χ2v) is 3.57. The van der Waals surface area contributed by atoms with E-state index in [1.54, 1.807) is 0 Å². The molecule has 0 amide bonds. The third kappa shape index (κ3) is 3.04. The average Bonchev–Trinajstić information content (AvgIpc) is 2.68. The summed E-state index contributed by atoms with van der Waals surface area (Å²) in [6, 6.07) is 0. The van der Waals surface area contributed by atoms with Gasteiger partial charge in [0.15, 0.2) is 5.82 Å². The summed E-state index contributed by atoms with van der Waals surface area (Å²) in [4.78, 5) is 4.33. The van der Waals surface area contributed by atoms with E-state index in [0.29, 0.717) is 18.9 Å². The number of rotatable bonds is 3. The molecular formula is C10H16ClN3O. The van der Waals surface area contributed by atoms with Gasteiger partial charge in [0.2, 0.25) is 5.89 Å². The van der Waals surface area contributed by atoms with Gasteiger partial charge in [-0.2, -0.15) is 4.98 Å². The lowest BCUT2D eigenvalue weighted by Gasteiger charge is -2.12. The van der Waals surface area contributed by atoms with Gasteiger partial charge in [0, 0.05) is 12.3 Å². The van der Waals surface area contributed by atoms with E-state index in [4.69, 9.17) is 10.3 Å². The molecule has 0 radical (unpaired) electrons. The molecule has 4 nitrogen and oxygen atoms in total. The molecule has 0 aromatic carbocycles. The molecule has 0 bridgehead atoms. The van der Waals surface area contributed by atoms with E-state index in [1.807, 2.05) is 0 Å². The van der Waals surface area contributed by atoms with E-state index in [2.05, 4.69) is 22.3 Å². The summed E-state index contributed by atoms with van der Waals surface area (Å²) in [6.45, 7) is 0.573. The molecule has 2 N–H and O–H groups in total. The van der Waals surface area contributed by atoms with Crippen LogP contribution < -0.4 is 5.73 Å². The van der Waals surface area contributed by atoms with Gasteiger partial charge in [-0.15, -0.1) is 12.4 Å². The SMILES string of the molecule is Cl.NCCc1noc(C2CC=CCC2)n1. The fraction of sp³-hybridized carbons (Fsp3) is 0.600. The maximum atomic E-state index is 5.42. The highest BCUT2D eigenvalue weighted by molar-refractivity contribution is 5.85. The summed E-state index contributed by atoms with van der Waals surface area (Å²) in [5.74, 6) is 1.92. The summed E-state index contributed by atoms with van der Waals surface area (Å²) < 4.78 is 5.21. The molecule has 0 fully saturated rings. The number of nitrogens with two attached hydrogens (primary N) is 1. The number of aromatic nitrogens is 2. The molecule has 2 rings (SSSR count). The van der Waals surface area contributed by atoms with Crippen LogP contribution in [-0.4, -0.2) is 16.7 Å². The highest BCUT2D eigenvalue weighted by Gasteiger charge is 2.18. The van der Waals surface area contributed by atoms with Crippen LogP contribution in [0.4, 0.5) is 0 Å². The molecular weight excluding hydrogens is 214 g/mol. The van der Waals surface area contributed by atoms with Crippen LogP contribution in [0, 0.1) is 0 Å². The Balaban J connectivity index is 0.00000112. The van der Waals surface area contributed by atoms with Crippen molar-refractivity contribution in [3.63, 3.8) is 0 Å². The first-order valence-corrected chi connectivity index (χ1v) is 5.07. The number of hydrogen-bond acceptors (Lipinski definition) is 4. The van der Waals surface area contributed by atoms with Crippen LogP contribution in [0.5, 0.6) is 0 Å². The first-order valence-electron chi connectivity index (χ1n) is 5.07. The van der Waals surface area contributed by atoms with Gasteiger partial charge in [0.25, 0.3) is 0 Å². The van der Waals surface area contributed by atoms with Crippen molar-refractivity contribution in [1.82, 2.24) is 10.1 Å². The summed E-state index contributed by atoms with van der Waals surface area (Å²) in [7, 11) is 0. The standard InChI is InChI=1S/C10H15N3O.ClH/c11-7-6-9-12-10(14-13-9)8-4-2-1-3-5-8;/h1-2,8H,3-7,11H2;1H. The molecule has 1 aliphatic carbocycles. The van der Waals surface area contributed by atoms with Crippen LogP contribution in [0.15, 0.2) is 16.7 Å². The zero-order valence-corrected chi connectivity index (χ0v) is 9.37. The maximum absolute atomic E-state index is 5.42. The molecule has 1 unspecified atom stereocenters. The van der Waals surface area contributed by atoms with Gasteiger partial charge in [0.1, 0.15) is 0 Å². The van der Waals surface area contributed by atoms with Gasteiger partial charge in [-0.3, -0.25) is 0 Å². The van der Waals surface area contributed by atoms with Crippen molar-refractivity contribution in [1.29, 1.82) is 0 Å². The smallest absolute Gasteiger partial charge is 0.230 e. The first kappa shape index (κ1) is 12.2. The monoisotopic (exact) mass is 229 g/mol. The third-order valence-electron chi connectivity index (χ3n) is 2.47. The molecule has 1 aliphatic rings. The Labute approximate surface area is 95.3 Å². The van der Waals surface area contributed by atoms with Crippen molar-refractivity contribution in [2.45, 2.75) is 31.6 Å². The number of nitrogens with zero attached hydrogens (tertiary/aromatic N) is 2. The zero-order chi connectivity index (χ0) is 9.80. The molecule has 1 aromatic heterocycles. The predicted molar refractivity (Wildman–Crippen MR) is 60.0 cm³/mol. The molecule has 0 saturated heterocycles. The van der Waals surface area contributed by atoms with Crippen LogP contribution >= 0.6 is 12.4 Å². The van der Waals surface area contributed by atoms with Crippen LogP contribution in [-0.2, 0) is 6.42 Å². The van der Waals surface area contributed by atoms with Gasteiger partial charge >= 0.3 is 0 Å². The number of halogens is 1. The molecule has 15 heavy (non-hydrogen) atoms. The van der Waals surface area contributed by atoms with Crippen molar-refractivity contribution in [2.75, 3.05) is 6.54 Å². The zero-order valence-electron chi connectivity index (χ0n) is 8.56. The second-order valence-electron chi connectivity index (χ2n) is 3.57. The lowest BCUT2D eigenvalue weighted by Crippen LogP contribution is -2.05. The minimum absolute atomic E-state index is 0. The summed E-state index contributed by atoms with van der Waals surface area (Å²) in [6.07, 6.45) is 8.32. The first-order chi connectivity index (χ1) is 6.90. The van der Waals surface area contributed by atoms with Crippen LogP contribution in [0.2, 0.25) is 0 Å². The topological polar surface area (TPSA) is 64.9 Å². The van der Waals surface area contributed by atoms with Gasteiger partial charge in [0.05, 0.1) is 0 Å². The Morgan fingerprint density at radius 1 is 1.47 bits per heavy atom. The van der Waals surface area contributed by atoms with Gasteiger partial charge in [-0.25, -0.2) is 0 Å². The fourth-order valence-corrected chi connectivity index (χ4v) is 1.68. The Kier molecular flexibility index (Phi) is 4.78. The number of hydrogen-bond donors (Lipinski definition) is 1. The average molecular weight is 230 g/mol. The van der Waals surface area contributed by atoms with Crippen LogP contribution in [0.25, 0.3) is 0 Å². The van der Waals surface area contributed by atoms with Gasteiger partial charge < -0.3 is 10.3 Å². The lowest BCUT2D eigenvalue weighted by molar-refractivity contribution is 0.341. The van der Waals surface area contributed by atoms with E-state index >= 15 is 0 Å². The van der Waals surface area contributed by atoms with E-state index in [0.717, 1.165) is 31.0 Å². The van der Waals surface area contributed by atoms with Gasteiger partial charge in [-0.05, 0) is 25.8 Å². The van der Waals surface area contributed by atoms with Crippen LogP contribution in [0.3, 0.4) is 0 Å². The number of allylic oxidation sites excluding steroid dienone is 2. The quantitative estimate of drug-likeness (QED) is 0.803. The van der Waals surface area contributed by atoms with Crippen molar-refractivity contribution < 1.29 is 4.52 Å². The van der Waals surface area contributed by atoms with Crippen molar-refractivity contribution in [3.05, 3.63) is 23.9 Å². The second kappa shape index (κ2) is 5.88. The normalized spacial score (nSPS) is 19.9. The minimum Gasteiger partial charge on any atom is -0.339 e. The van der Waals surface area contributed by atoms with Crippen LogP contribution in [0.1, 0.15) is 36.9 Å². The molecule has 84 valence electrons. The Bertz CT molecular complexity index is 324. The third-order valence-corrected chi connectivity index (χ3v) is 2.47. The molecule has 1 heterocycles. The van der Waals surface area contributed by atoms with Crippen molar-refractivity contribution in [2.24, 2.45) is 5.73 Å². The van der Waals surface area contributed by atoms with Crippen molar-refractivity contribution in [3.8, 4) is 0 Å². The minimum atomic E-state index is 0. The van der Waals surface area contributed by atoms with Crippen molar-refractivity contribution >= 4 is 12.4 Å². The molecule has 5 heteroatoms. The summed E-state index contributed by atoms with van der Waals surface area (Å²) in [5, 5.41) is 3.89. The highest BCUT2D eigenvalue weighted by atomic mass is 35.5. The Hall–Kier alpha value is -0.870. The van der Waals surface area contributed by atoms with E-state index < -0.39 is 0 Å². The summed E-state index contributed by atoms with van der Waals surface area (Å²) in [5.41, 5.74) is 5.42. The highest BCUT2D eigenvalue weighted by Crippen LogP contribution is 2.27. The maximum Gasteiger partial charge on any atom is 0.230 e. The Morgan fingerprint density at radius 3 is 3.00 bits per heavy atom. The van der Waals surface area contributed by atoms with E-state index in [9.17, 15) is 0 Å². The van der Waals surface area contributed by atoms with E-state index in [1.165, 1.54) is 0 Å². The van der Waals surface area contributed by atoms with Gasteiger partial charge in [-0.1, -0.05) is 17.3 Å². The molecule has 0 spiro atoms. The van der Waals surface area contributed by atoms with E-state index in [-0.39, 0.29) is 12.4 Å². The molecule has 1 aromatic rings. The molecule has 0 aliphatic heterocycles. The fourth-order valence-electron chi connectivity index (χ4n) is 1.68. The summed E-state index contributed by atoms with van der Waals surface area (Å²) >= 11 is 0.